The molecule has 2 nitrogen and oxygen atoms in total. The third-order valence-corrected chi connectivity index (χ3v) is 2.50. The third-order valence-electron chi connectivity index (χ3n) is 1.58. The molecule has 0 aliphatic carbocycles. The van der Waals surface area contributed by atoms with E-state index >= 15 is 0 Å². The van der Waals surface area contributed by atoms with Crippen LogP contribution in [0.5, 0.6) is 0 Å². The van der Waals surface area contributed by atoms with Gasteiger partial charge in [-0.3, -0.25) is 4.68 Å². The molecular weight excluding hydrogens is 251 g/mol. The largest absolute Gasteiger partial charge is 0.259 e. The molecule has 0 fully saturated rings. The number of rotatable bonds is 3. The van der Waals surface area contributed by atoms with Crippen LogP contribution in [0.1, 0.15) is 20.3 Å². The number of halogens is 1. The highest BCUT2D eigenvalue weighted by Crippen LogP contribution is 2.06. The summed E-state index contributed by atoms with van der Waals surface area (Å²) in [6.07, 6.45) is 3.06. The van der Waals surface area contributed by atoms with Gasteiger partial charge in [0.05, 0.1) is 9.90 Å². The fraction of sp³-hybridized carbons (Fsp3) is 0.625. The van der Waals surface area contributed by atoms with Gasteiger partial charge in [-0.2, -0.15) is 5.10 Å². The predicted octanol–water partition coefficient (Wildman–Crippen LogP) is 2.53. The summed E-state index contributed by atoms with van der Waals surface area (Å²) in [5.41, 5.74) is 0. The number of aromatic nitrogens is 2. The first-order chi connectivity index (χ1) is 5.20. The zero-order valence-corrected chi connectivity index (χ0v) is 9.08. The fourth-order valence-corrected chi connectivity index (χ4v) is 1.39. The van der Waals surface area contributed by atoms with Gasteiger partial charge in [0, 0.05) is 6.54 Å². The van der Waals surface area contributed by atoms with Crippen LogP contribution >= 0.6 is 22.6 Å². The molecule has 0 aliphatic heterocycles. The molecule has 0 saturated carbocycles. The van der Waals surface area contributed by atoms with E-state index in [4.69, 9.17) is 0 Å². The van der Waals surface area contributed by atoms with E-state index < -0.39 is 0 Å². The first-order valence-corrected chi connectivity index (χ1v) is 4.95. The van der Waals surface area contributed by atoms with Gasteiger partial charge in [0.2, 0.25) is 0 Å². The number of hydrogen-bond donors (Lipinski definition) is 0. The lowest BCUT2D eigenvalue weighted by molar-refractivity contribution is 0.481. The van der Waals surface area contributed by atoms with Gasteiger partial charge in [0.1, 0.15) is 0 Å². The van der Waals surface area contributed by atoms with Crippen LogP contribution in [0.2, 0.25) is 0 Å². The van der Waals surface area contributed by atoms with Gasteiger partial charge in [-0.05, 0) is 41.0 Å². The minimum Gasteiger partial charge on any atom is -0.259 e. The van der Waals surface area contributed by atoms with Crippen LogP contribution in [0.15, 0.2) is 12.3 Å². The van der Waals surface area contributed by atoms with Crippen molar-refractivity contribution in [1.82, 2.24) is 9.78 Å². The Balaban J connectivity index is 2.44. The van der Waals surface area contributed by atoms with E-state index in [1.54, 1.807) is 0 Å². The molecule has 0 radical (unpaired) electrons. The predicted molar refractivity (Wildman–Crippen MR) is 54.4 cm³/mol. The molecule has 0 unspecified atom stereocenters. The molecular formula is C8H13IN2. The van der Waals surface area contributed by atoms with Crippen LogP contribution in [0, 0.1) is 9.62 Å². The number of hydrogen-bond acceptors (Lipinski definition) is 1. The van der Waals surface area contributed by atoms with Crippen molar-refractivity contribution in [3.05, 3.63) is 16.0 Å². The lowest BCUT2D eigenvalue weighted by Crippen LogP contribution is -2.04. The number of aryl methyl sites for hydroxylation is 1. The molecule has 62 valence electrons. The zero-order chi connectivity index (χ0) is 8.27. The van der Waals surface area contributed by atoms with Crippen molar-refractivity contribution in [3.63, 3.8) is 0 Å². The Morgan fingerprint density at radius 2 is 2.36 bits per heavy atom. The summed E-state index contributed by atoms with van der Waals surface area (Å²) in [5.74, 6) is 0.759. The van der Waals surface area contributed by atoms with E-state index in [2.05, 4.69) is 41.5 Å². The third kappa shape index (κ3) is 2.81. The second-order valence-corrected chi connectivity index (χ2v) is 4.16. The van der Waals surface area contributed by atoms with Crippen molar-refractivity contribution in [2.75, 3.05) is 0 Å². The smallest absolute Gasteiger partial charge is 0.0989 e. The Hall–Kier alpha value is -0.0600. The standard InChI is InChI=1S/C8H13IN2/c1-7(2)4-6-11-8(9)3-5-10-11/h3,5,7H,4,6H2,1-2H3. The Morgan fingerprint density at radius 3 is 2.82 bits per heavy atom. The molecule has 1 rings (SSSR count). The fourth-order valence-electron chi connectivity index (χ4n) is 0.862. The molecule has 0 aromatic carbocycles. The second kappa shape index (κ2) is 4.09. The normalized spacial score (nSPS) is 10.9. The molecule has 0 bridgehead atoms. The second-order valence-electron chi connectivity index (χ2n) is 3.06. The molecule has 1 heterocycles. The average Bonchev–Trinajstić information content (AvgIpc) is 2.31. The van der Waals surface area contributed by atoms with E-state index in [-0.39, 0.29) is 0 Å². The van der Waals surface area contributed by atoms with Gasteiger partial charge >= 0.3 is 0 Å². The minimum atomic E-state index is 0.759. The maximum atomic E-state index is 4.20. The maximum Gasteiger partial charge on any atom is 0.0989 e. The van der Waals surface area contributed by atoms with Crippen molar-refractivity contribution in [1.29, 1.82) is 0 Å². The van der Waals surface area contributed by atoms with Crippen molar-refractivity contribution in [3.8, 4) is 0 Å². The van der Waals surface area contributed by atoms with Crippen LogP contribution in [0.3, 0.4) is 0 Å². The quantitative estimate of drug-likeness (QED) is 0.767. The molecule has 0 spiro atoms. The Labute approximate surface area is 81.1 Å². The highest BCUT2D eigenvalue weighted by molar-refractivity contribution is 14.1. The van der Waals surface area contributed by atoms with Crippen LogP contribution < -0.4 is 0 Å². The molecule has 0 atom stereocenters. The first kappa shape index (κ1) is 9.03. The molecule has 0 aliphatic rings. The minimum absolute atomic E-state index is 0.759. The van der Waals surface area contributed by atoms with Crippen molar-refractivity contribution in [2.45, 2.75) is 26.8 Å². The van der Waals surface area contributed by atoms with Gasteiger partial charge in [-0.1, -0.05) is 13.8 Å². The van der Waals surface area contributed by atoms with Crippen LogP contribution in [-0.2, 0) is 6.54 Å². The molecule has 0 N–H and O–H groups in total. The molecule has 0 saturated heterocycles. The zero-order valence-electron chi connectivity index (χ0n) is 6.92. The Kier molecular flexibility index (Phi) is 3.36. The van der Waals surface area contributed by atoms with Gasteiger partial charge in [-0.15, -0.1) is 0 Å². The van der Waals surface area contributed by atoms with Gasteiger partial charge in [0.25, 0.3) is 0 Å². The van der Waals surface area contributed by atoms with E-state index in [9.17, 15) is 0 Å². The van der Waals surface area contributed by atoms with Crippen molar-refractivity contribution >= 4 is 22.6 Å². The van der Waals surface area contributed by atoms with E-state index in [1.807, 2.05) is 16.9 Å². The highest BCUT2D eigenvalue weighted by Gasteiger charge is 1.99. The maximum absolute atomic E-state index is 4.20. The summed E-state index contributed by atoms with van der Waals surface area (Å²) in [7, 11) is 0. The summed E-state index contributed by atoms with van der Waals surface area (Å²) >= 11 is 2.30. The van der Waals surface area contributed by atoms with Crippen LogP contribution in [-0.4, -0.2) is 9.78 Å². The summed E-state index contributed by atoms with van der Waals surface area (Å²) in [5, 5.41) is 4.20. The summed E-state index contributed by atoms with van der Waals surface area (Å²) in [4.78, 5) is 0. The lowest BCUT2D eigenvalue weighted by Gasteiger charge is -2.05. The van der Waals surface area contributed by atoms with Crippen LogP contribution in [0.25, 0.3) is 0 Å². The molecule has 0 amide bonds. The topological polar surface area (TPSA) is 17.8 Å². The lowest BCUT2D eigenvalue weighted by atomic mass is 10.1. The van der Waals surface area contributed by atoms with Crippen molar-refractivity contribution in [2.24, 2.45) is 5.92 Å². The summed E-state index contributed by atoms with van der Waals surface area (Å²) in [6, 6.07) is 2.03. The molecule has 1 aromatic rings. The summed E-state index contributed by atoms with van der Waals surface area (Å²) in [6.45, 7) is 5.51. The number of nitrogens with zero attached hydrogens (tertiary/aromatic N) is 2. The van der Waals surface area contributed by atoms with E-state index in [1.165, 1.54) is 10.1 Å². The van der Waals surface area contributed by atoms with E-state index in [0.717, 1.165) is 12.5 Å². The van der Waals surface area contributed by atoms with Crippen LogP contribution in [0.4, 0.5) is 0 Å². The van der Waals surface area contributed by atoms with Gasteiger partial charge in [0.15, 0.2) is 0 Å². The average molecular weight is 264 g/mol. The van der Waals surface area contributed by atoms with E-state index in [0.29, 0.717) is 0 Å². The Morgan fingerprint density at radius 1 is 1.64 bits per heavy atom. The summed E-state index contributed by atoms with van der Waals surface area (Å²) < 4.78 is 3.27. The molecule has 1 aromatic heterocycles. The van der Waals surface area contributed by atoms with Crippen molar-refractivity contribution < 1.29 is 0 Å². The Bertz CT molecular complexity index is 218. The monoisotopic (exact) mass is 264 g/mol. The highest BCUT2D eigenvalue weighted by atomic mass is 127. The molecule has 11 heavy (non-hydrogen) atoms. The van der Waals surface area contributed by atoms with Gasteiger partial charge in [-0.25, -0.2) is 0 Å². The molecule has 3 heteroatoms. The SMILES string of the molecule is CC(C)CCn1nccc1I. The first-order valence-electron chi connectivity index (χ1n) is 3.87. The van der Waals surface area contributed by atoms with Gasteiger partial charge < -0.3 is 0 Å².